The van der Waals surface area contributed by atoms with Gasteiger partial charge < -0.3 is 20.5 Å². The van der Waals surface area contributed by atoms with Crippen LogP contribution in [-0.2, 0) is 16.1 Å². The number of likely N-dealkylation sites (N-methyl/N-ethyl adjacent to an activating group) is 1. The lowest BCUT2D eigenvalue weighted by Gasteiger charge is -2.38. The van der Waals surface area contributed by atoms with Crippen LogP contribution in [0.3, 0.4) is 0 Å². The van der Waals surface area contributed by atoms with Crippen molar-refractivity contribution in [2.75, 3.05) is 13.7 Å². The van der Waals surface area contributed by atoms with Gasteiger partial charge >= 0.3 is 5.97 Å². The molecular formula is C23H34N2O4. The highest BCUT2D eigenvalue weighted by atomic mass is 16.5. The third-order valence-corrected chi connectivity index (χ3v) is 6.76. The van der Waals surface area contributed by atoms with Gasteiger partial charge in [-0.3, -0.25) is 4.79 Å². The summed E-state index contributed by atoms with van der Waals surface area (Å²) in [4.78, 5) is 25.9. The number of amides is 1. The molecule has 0 heterocycles. The minimum atomic E-state index is -0.918. The van der Waals surface area contributed by atoms with Gasteiger partial charge in [0.25, 0.3) is 0 Å². The van der Waals surface area contributed by atoms with E-state index in [1.165, 1.54) is 6.42 Å². The summed E-state index contributed by atoms with van der Waals surface area (Å²) < 4.78 is 5.86. The van der Waals surface area contributed by atoms with Crippen LogP contribution in [0.1, 0.15) is 66.4 Å². The summed E-state index contributed by atoms with van der Waals surface area (Å²) in [6.45, 7) is 2.81. The lowest BCUT2D eigenvalue weighted by atomic mass is 9.78. The van der Waals surface area contributed by atoms with Crippen LogP contribution in [0, 0.1) is 18.8 Å². The van der Waals surface area contributed by atoms with Crippen LogP contribution in [0.2, 0.25) is 0 Å². The first kappa shape index (κ1) is 21.8. The number of aryl methyl sites for hydroxylation is 1. The van der Waals surface area contributed by atoms with E-state index < -0.39 is 12.0 Å². The zero-order chi connectivity index (χ0) is 21.0. The zero-order valence-corrected chi connectivity index (χ0v) is 17.6. The summed E-state index contributed by atoms with van der Waals surface area (Å²) in [5.74, 6) is -0.137. The van der Waals surface area contributed by atoms with E-state index in [1.54, 1.807) is 6.07 Å². The molecule has 1 amide bonds. The monoisotopic (exact) mass is 402 g/mol. The molecule has 2 aliphatic carbocycles. The van der Waals surface area contributed by atoms with Gasteiger partial charge in [0.15, 0.2) is 0 Å². The fraction of sp³-hybridized carbons (Fsp3) is 0.652. The third kappa shape index (κ3) is 5.37. The van der Waals surface area contributed by atoms with Crippen LogP contribution in [0.4, 0.5) is 0 Å². The Kier molecular flexibility index (Phi) is 7.30. The number of carbonyl (C=O) groups excluding carboxylic acids is 1. The Morgan fingerprint density at radius 1 is 1.21 bits per heavy atom. The highest BCUT2D eigenvalue weighted by Gasteiger charge is 2.34. The molecule has 0 spiro atoms. The Morgan fingerprint density at radius 3 is 2.48 bits per heavy atom. The minimum absolute atomic E-state index is 0.0926. The average Bonchev–Trinajstić information content (AvgIpc) is 2.67. The number of hydrogen-bond donors (Lipinski definition) is 2. The molecule has 0 saturated heterocycles. The van der Waals surface area contributed by atoms with Crippen molar-refractivity contribution in [1.82, 2.24) is 4.90 Å². The Balaban J connectivity index is 1.42. The van der Waals surface area contributed by atoms with Gasteiger partial charge in [-0.1, -0.05) is 17.7 Å². The summed E-state index contributed by atoms with van der Waals surface area (Å²) >= 11 is 0. The maximum Gasteiger partial charge on any atom is 0.336 e. The minimum Gasteiger partial charge on any atom is -0.478 e. The molecule has 3 N–H and O–H groups in total. The van der Waals surface area contributed by atoms with Gasteiger partial charge in [0.05, 0.1) is 18.2 Å². The highest BCUT2D eigenvalue weighted by Crippen LogP contribution is 2.32. The number of nitrogens with zero attached hydrogens (tertiary/aromatic N) is 1. The summed E-state index contributed by atoms with van der Waals surface area (Å²) in [6, 6.07) is 5.42. The summed E-state index contributed by atoms with van der Waals surface area (Å²) in [6.07, 6.45) is 7.30. The van der Waals surface area contributed by atoms with Crippen LogP contribution in [0.15, 0.2) is 18.2 Å². The molecule has 29 heavy (non-hydrogen) atoms. The lowest BCUT2D eigenvalue weighted by Crippen LogP contribution is -2.52. The van der Waals surface area contributed by atoms with Gasteiger partial charge in [-0.2, -0.15) is 0 Å². The quantitative estimate of drug-likeness (QED) is 0.696. The molecule has 2 fully saturated rings. The second-order valence-electron chi connectivity index (χ2n) is 8.82. The van der Waals surface area contributed by atoms with Crippen LogP contribution < -0.4 is 5.73 Å². The number of carboxylic acid groups (broad SMARTS) is 1. The number of carboxylic acids is 1. The van der Waals surface area contributed by atoms with Crippen molar-refractivity contribution in [3.8, 4) is 0 Å². The van der Waals surface area contributed by atoms with Crippen molar-refractivity contribution in [2.45, 2.75) is 70.6 Å². The van der Waals surface area contributed by atoms with Crippen molar-refractivity contribution in [2.24, 2.45) is 17.6 Å². The van der Waals surface area contributed by atoms with E-state index >= 15 is 0 Å². The van der Waals surface area contributed by atoms with Gasteiger partial charge in [-0.15, -0.1) is 0 Å². The van der Waals surface area contributed by atoms with Crippen molar-refractivity contribution in [3.05, 3.63) is 34.9 Å². The number of hydrogen-bond acceptors (Lipinski definition) is 4. The molecule has 6 nitrogen and oxygen atoms in total. The molecule has 1 unspecified atom stereocenters. The van der Waals surface area contributed by atoms with Gasteiger partial charge in [0.2, 0.25) is 5.91 Å². The molecule has 160 valence electrons. The maximum absolute atomic E-state index is 12.6. The fourth-order valence-corrected chi connectivity index (χ4v) is 4.46. The van der Waals surface area contributed by atoms with Crippen molar-refractivity contribution >= 4 is 11.9 Å². The Morgan fingerprint density at radius 2 is 1.90 bits per heavy atom. The molecule has 0 aromatic heterocycles. The van der Waals surface area contributed by atoms with Crippen LogP contribution in [-0.4, -0.2) is 47.6 Å². The summed E-state index contributed by atoms with van der Waals surface area (Å²) in [5, 5.41) is 9.36. The highest BCUT2D eigenvalue weighted by molar-refractivity contribution is 5.89. The van der Waals surface area contributed by atoms with E-state index in [0.717, 1.165) is 44.1 Å². The van der Waals surface area contributed by atoms with E-state index in [-0.39, 0.29) is 11.8 Å². The van der Waals surface area contributed by atoms with E-state index in [1.807, 2.05) is 31.0 Å². The standard InChI is InChI=1S/C23H34N2O4/c1-15-6-9-18(20(12-15)23(27)28)14-29-13-16-7-10-17(11-8-16)21(24)22(26)25(2)19-4-3-5-19/h6,9,12,16-17,19,21H,3-5,7-8,10-11,13-14,24H2,1-2H3,(H,27,28). The van der Waals surface area contributed by atoms with E-state index in [9.17, 15) is 14.7 Å². The average molecular weight is 403 g/mol. The Hall–Kier alpha value is -1.92. The number of aromatic carboxylic acids is 1. The largest absolute Gasteiger partial charge is 0.478 e. The maximum atomic E-state index is 12.6. The Bertz CT molecular complexity index is 724. The zero-order valence-electron chi connectivity index (χ0n) is 17.6. The number of rotatable bonds is 8. The number of nitrogens with two attached hydrogens (primary N) is 1. The van der Waals surface area contributed by atoms with E-state index in [2.05, 4.69) is 0 Å². The Labute approximate surface area is 173 Å². The predicted octanol–water partition coefficient (Wildman–Crippen LogP) is 3.35. The first-order valence-electron chi connectivity index (χ1n) is 10.8. The molecule has 2 aliphatic rings. The lowest BCUT2D eigenvalue weighted by molar-refractivity contribution is -0.136. The molecule has 1 aromatic rings. The van der Waals surface area contributed by atoms with Gasteiger partial charge in [-0.05, 0) is 75.3 Å². The predicted molar refractivity (Wildman–Crippen MR) is 112 cm³/mol. The van der Waals surface area contributed by atoms with Crippen LogP contribution in [0.25, 0.3) is 0 Å². The molecule has 0 aliphatic heterocycles. The first-order valence-corrected chi connectivity index (χ1v) is 10.8. The number of carbonyl (C=O) groups is 2. The molecule has 1 atom stereocenters. The van der Waals surface area contributed by atoms with Crippen molar-refractivity contribution < 1.29 is 19.4 Å². The molecule has 6 heteroatoms. The third-order valence-electron chi connectivity index (χ3n) is 6.76. The molecule has 1 aromatic carbocycles. The molecular weight excluding hydrogens is 368 g/mol. The number of ether oxygens (including phenoxy) is 1. The first-order chi connectivity index (χ1) is 13.9. The second-order valence-corrected chi connectivity index (χ2v) is 8.82. The van der Waals surface area contributed by atoms with Crippen LogP contribution in [0.5, 0.6) is 0 Å². The molecule has 2 saturated carbocycles. The van der Waals surface area contributed by atoms with Crippen LogP contribution >= 0.6 is 0 Å². The topological polar surface area (TPSA) is 92.9 Å². The second kappa shape index (κ2) is 9.72. The smallest absolute Gasteiger partial charge is 0.336 e. The molecule has 0 bridgehead atoms. The van der Waals surface area contributed by atoms with E-state index in [0.29, 0.717) is 36.3 Å². The van der Waals surface area contributed by atoms with Crippen molar-refractivity contribution in [3.63, 3.8) is 0 Å². The summed E-state index contributed by atoms with van der Waals surface area (Å²) in [5.41, 5.74) is 8.26. The summed E-state index contributed by atoms with van der Waals surface area (Å²) in [7, 11) is 1.89. The SMILES string of the molecule is Cc1ccc(COCC2CCC(C(N)C(=O)N(C)C3CCC3)CC2)c(C(=O)O)c1. The fourth-order valence-electron chi connectivity index (χ4n) is 4.46. The van der Waals surface area contributed by atoms with Gasteiger partial charge in [0.1, 0.15) is 0 Å². The molecule has 3 rings (SSSR count). The molecule has 0 radical (unpaired) electrons. The number of benzene rings is 1. The van der Waals surface area contributed by atoms with Gasteiger partial charge in [-0.25, -0.2) is 4.79 Å². The van der Waals surface area contributed by atoms with Gasteiger partial charge in [0, 0.05) is 19.7 Å². The van der Waals surface area contributed by atoms with E-state index in [4.69, 9.17) is 10.5 Å². The normalized spacial score (nSPS) is 23.3. The van der Waals surface area contributed by atoms with Crippen molar-refractivity contribution in [1.29, 1.82) is 0 Å².